The summed E-state index contributed by atoms with van der Waals surface area (Å²) in [6, 6.07) is 8.67. The van der Waals surface area contributed by atoms with Gasteiger partial charge in [0, 0.05) is 16.0 Å². The lowest BCUT2D eigenvalue weighted by Gasteiger charge is -2.09. The van der Waals surface area contributed by atoms with E-state index >= 15 is 0 Å². The summed E-state index contributed by atoms with van der Waals surface area (Å²) in [4.78, 5) is 28.0. The zero-order chi connectivity index (χ0) is 14.5. The molecule has 6 heteroatoms. The molecule has 0 saturated carbocycles. The van der Waals surface area contributed by atoms with Gasteiger partial charge in [-0.3, -0.25) is 4.79 Å². The summed E-state index contributed by atoms with van der Waals surface area (Å²) >= 11 is 7.14. The van der Waals surface area contributed by atoms with Crippen LogP contribution < -0.4 is 0 Å². The number of hydrogen-bond acceptors (Lipinski definition) is 5. The molecule has 0 unspecified atom stereocenters. The molecule has 0 amide bonds. The van der Waals surface area contributed by atoms with Crippen molar-refractivity contribution in [3.8, 4) is 0 Å². The van der Waals surface area contributed by atoms with Gasteiger partial charge in [-0.2, -0.15) is 0 Å². The minimum Gasteiger partial charge on any atom is -0.465 e. The van der Waals surface area contributed by atoms with Crippen LogP contribution in [-0.2, 0) is 4.74 Å². The molecular formula is C14H10ClNO3S. The largest absolute Gasteiger partial charge is 0.465 e. The number of aldehydes is 1. The topological polar surface area (TPSA) is 56.3 Å². The predicted molar refractivity (Wildman–Crippen MR) is 76.5 cm³/mol. The first-order chi connectivity index (χ1) is 9.67. The average Bonchev–Trinajstić information content (AvgIpc) is 2.47. The summed E-state index contributed by atoms with van der Waals surface area (Å²) < 4.78 is 4.73. The molecule has 0 radical (unpaired) electrons. The zero-order valence-electron chi connectivity index (χ0n) is 10.5. The van der Waals surface area contributed by atoms with Gasteiger partial charge in [0.05, 0.1) is 18.2 Å². The van der Waals surface area contributed by atoms with E-state index in [-0.39, 0.29) is 5.15 Å². The van der Waals surface area contributed by atoms with Gasteiger partial charge in [0.15, 0.2) is 6.29 Å². The first-order valence-corrected chi connectivity index (χ1v) is 6.81. The Morgan fingerprint density at radius 1 is 1.30 bits per heavy atom. The van der Waals surface area contributed by atoms with Crippen LogP contribution in [0.4, 0.5) is 0 Å². The number of hydrogen-bond donors (Lipinski definition) is 0. The van der Waals surface area contributed by atoms with Crippen LogP contribution in [0.15, 0.2) is 46.3 Å². The second-order valence-corrected chi connectivity index (χ2v) is 5.16. The van der Waals surface area contributed by atoms with Crippen molar-refractivity contribution in [3.05, 3.63) is 52.8 Å². The Balaban J connectivity index is 2.43. The van der Waals surface area contributed by atoms with E-state index in [1.165, 1.54) is 25.1 Å². The van der Waals surface area contributed by atoms with Crippen LogP contribution in [0.25, 0.3) is 0 Å². The number of carbonyl (C=O) groups is 2. The van der Waals surface area contributed by atoms with E-state index in [1.54, 1.807) is 30.3 Å². The highest BCUT2D eigenvalue weighted by Crippen LogP contribution is 2.34. The fourth-order valence-corrected chi connectivity index (χ4v) is 2.87. The molecule has 1 heterocycles. The van der Waals surface area contributed by atoms with Gasteiger partial charge >= 0.3 is 5.97 Å². The molecule has 0 aliphatic rings. The Morgan fingerprint density at radius 2 is 2.05 bits per heavy atom. The van der Waals surface area contributed by atoms with Crippen molar-refractivity contribution in [3.63, 3.8) is 0 Å². The molecule has 102 valence electrons. The van der Waals surface area contributed by atoms with E-state index in [0.29, 0.717) is 27.2 Å². The Bertz CT molecular complexity index is 661. The minimum absolute atomic E-state index is 0.139. The van der Waals surface area contributed by atoms with E-state index in [1.807, 2.05) is 0 Å². The number of nitrogens with zero attached hydrogens (tertiary/aromatic N) is 1. The maximum atomic E-state index is 11.7. The normalized spacial score (nSPS) is 10.1. The van der Waals surface area contributed by atoms with Crippen molar-refractivity contribution in [2.45, 2.75) is 9.79 Å². The molecule has 2 rings (SSSR count). The third kappa shape index (κ3) is 3.00. The Hall–Kier alpha value is -1.85. The number of rotatable bonds is 4. The van der Waals surface area contributed by atoms with Crippen LogP contribution in [0.3, 0.4) is 0 Å². The third-order valence-electron chi connectivity index (χ3n) is 2.53. The molecule has 0 aliphatic carbocycles. The zero-order valence-corrected chi connectivity index (χ0v) is 12.1. The van der Waals surface area contributed by atoms with Crippen molar-refractivity contribution < 1.29 is 14.3 Å². The molecule has 0 aliphatic heterocycles. The molecule has 1 aromatic heterocycles. The predicted octanol–water partition coefficient (Wildman–Crippen LogP) is 3.49. The van der Waals surface area contributed by atoms with Gasteiger partial charge in [0.25, 0.3) is 0 Å². The summed E-state index contributed by atoms with van der Waals surface area (Å²) in [5.41, 5.74) is 0.739. The third-order valence-corrected chi connectivity index (χ3v) is 3.98. The second-order valence-electron chi connectivity index (χ2n) is 3.72. The molecule has 0 atom stereocenters. The van der Waals surface area contributed by atoms with Crippen molar-refractivity contribution in [2.24, 2.45) is 0 Å². The molecule has 0 saturated heterocycles. The van der Waals surface area contributed by atoms with E-state index in [9.17, 15) is 9.59 Å². The van der Waals surface area contributed by atoms with Gasteiger partial charge in [-0.1, -0.05) is 35.5 Å². The Kier molecular flexibility index (Phi) is 4.76. The number of carbonyl (C=O) groups excluding carboxylic acids is 2. The summed E-state index contributed by atoms with van der Waals surface area (Å²) in [5.74, 6) is -0.430. The Morgan fingerprint density at radius 3 is 2.75 bits per heavy atom. The molecule has 0 N–H and O–H groups in total. The SMILES string of the molecule is COC(=O)c1ccccc1Sc1ccnc(Cl)c1C=O. The van der Waals surface area contributed by atoms with Crippen LogP contribution >= 0.6 is 23.4 Å². The highest BCUT2D eigenvalue weighted by molar-refractivity contribution is 7.99. The molecule has 0 fully saturated rings. The van der Waals surface area contributed by atoms with E-state index < -0.39 is 5.97 Å². The van der Waals surface area contributed by atoms with Crippen molar-refractivity contribution in [1.29, 1.82) is 0 Å². The molecule has 1 aromatic carbocycles. The molecule has 0 bridgehead atoms. The monoisotopic (exact) mass is 307 g/mol. The number of methoxy groups -OCH3 is 1. The van der Waals surface area contributed by atoms with Crippen LogP contribution in [-0.4, -0.2) is 24.3 Å². The van der Waals surface area contributed by atoms with Gasteiger partial charge in [-0.15, -0.1) is 0 Å². The van der Waals surface area contributed by atoms with Crippen molar-refractivity contribution >= 4 is 35.6 Å². The molecule has 20 heavy (non-hydrogen) atoms. The standard InChI is InChI=1S/C14H10ClNO3S/c1-19-14(18)9-4-2-3-5-11(9)20-12-6-7-16-13(15)10(12)8-17/h2-8H,1H3. The van der Waals surface area contributed by atoms with Gasteiger partial charge in [-0.05, 0) is 18.2 Å². The van der Waals surface area contributed by atoms with Crippen LogP contribution in [0.1, 0.15) is 20.7 Å². The number of esters is 1. The highest BCUT2D eigenvalue weighted by atomic mass is 35.5. The number of aromatic nitrogens is 1. The number of benzene rings is 1. The van der Waals surface area contributed by atoms with Gasteiger partial charge in [0.1, 0.15) is 5.15 Å². The first kappa shape index (κ1) is 14.6. The summed E-state index contributed by atoms with van der Waals surface area (Å²) in [7, 11) is 1.32. The quantitative estimate of drug-likeness (QED) is 0.491. The lowest BCUT2D eigenvalue weighted by molar-refractivity contribution is 0.0596. The van der Waals surface area contributed by atoms with Gasteiger partial charge in [-0.25, -0.2) is 9.78 Å². The first-order valence-electron chi connectivity index (χ1n) is 5.62. The lowest BCUT2D eigenvalue weighted by Crippen LogP contribution is -2.02. The minimum atomic E-state index is -0.430. The van der Waals surface area contributed by atoms with E-state index in [2.05, 4.69) is 4.98 Å². The van der Waals surface area contributed by atoms with Crippen LogP contribution in [0.5, 0.6) is 0 Å². The van der Waals surface area contributed by atoms with E-state index in [0.717, 1.165) is 0 Å². The fraction of sp³-hybridized carbons (Fsp3) is 0.0714. The summed E-state index contributed by atoms with van der Waals surface area (Å²) in [6.45, 7) is 0. The number of ether oxygens (including phenoxy) is 1. The van der Waals surface area contributed by atoms with Crippen LogP contribution in [0.2, 0.25) is 5.15 Å². The Labute approximate surface area is 125 Å². The lowest BCUT2D eigenvalue weighted by atomic mass is 10.2. The van der Waals surface area contributed by atoms with Crippen molar-refractivity contribution in [2.75, 3.05) is 7.11 Å². The van der Waals surface area contributed by atoms with Crippen molar-refractivity contribution in [1.82, 2.24) is 4.98 Å². The smallest absolute Gasteiger partial charge is 0.339 e. The van der Waals surface area contributed by atoms with Gasteiger partial charge < -0.3 is 4.74 Å². The maximum Gasteiger partial charge on any atom is 0.339 e. The molecule has 2 aromatic rings. The van der Waals surface area contributed by atoms with E-state index in [4.69, 9.17) is 16.3 Å². The molecule has 4 nitrogen and oxygen atoms in total. The summed E-state index contributed by atoms with van der Waals surface area (Å²) in [5, 5.41) is 0.139. The molecule has 0 spiro atoms. The number of halogens is 1. The maximum absolute atomic E-state index is 11.7. The second kappa shape index (κ2) is 6.54. The average molecular weight is 308 g/mol. The summed E-state index contributed by atoms with van der Waals surface area (Å²) in [6.07, 6.45) is 2.16. The fourth-order valence-electron chi connectivity index (χ4n) is 1.58. The highest BCUT2D eigenvalue weighted by Gasteiger charge is 2.15. The van der Waals surface area contributed by atoms with Gasteiger partial charge in [0.2, 0.25) is 0 Å². The number of pyridine rings is 1. The molecular weight excluding hydrogens is 298 g/mol. The van der Waals surface area contributed by atoms with Crippen LogP contribution in [0, 0.1) is 0 Å².